The third-order valence-corrected chi connectivity index (χ3v) is 4.30. The van der Waals surface area contributed by atoms with Gasteiger partial charge in [-0.15, -0.1) is 0 Å². The molecule has 21 heavy (non-hydrogen) atoms. The highest BCUT2D eigenvalue weighted by molar-refractivity contribution is 14.1. The predicted molar refractivity (Wildman–Crippen MR) is 88.8 cm³/mol. The largest absolute Gasteiger partial charge is 0.450 e. The summed E-state index contributed by atoms with van der Waals surface area (Å²) < 4.78 is 19.1. The normalized spacial score (nSPS) is 15.9. The Morgan fingerprint density at radius 2 is 2.19 bits per heavy atom. The van der Waals surface area contributed by atoms with Crippen LogP contribution in [-0.4, -0.2) is 36.7 Å². The van der Waals surface area contributed by atoms with Crippen LogP contribution in [0, 0.1) is 9.39 Å². The van der Waals surface area contributed by atoms with Gasteiger partial charge in [-0.3, -0.25) is 0 Å². The first-order valence-corrected chi connectivity index (χ1v) is 8.02. The van der Waals surface area contributed by atoms with Crippen molar-refractivity contribution in [2.75, 3.05) is 30.7 Å². The number of nitrogens with zero attached hydrogens (tertiary/aromatic N) is 1. The zero-order valence-corrected chi connectivity index (χ0v) is 14.0. The van der Waals surface area contributed by atoms with Crippen molar-refractivity contribution in [1.29, 1.82) is 0 Å². The van der Waals surface area contributed by atoms with Crippen molar-refractivity contribution in [1.82, 2.24) is 4.90 Å². The van der Waals surface area contributed by atoms with Crippen molar-refractivity contribution in [3.63, 3.8) is 0 Å². The first kappa shape index (κ1) is 16.1. The highest BCUT2D eigenvalue weighted by atomic mass is 127. The molecule has 0 radical (unpaired) electrons. The first-order valence-electron chi connectivity index (χ1n) is 6.94. The van der Waals surface area contributed by atoms with E-state index in [0.29, 0.717) is 34.6 Å². The van der Waals surface area contributed by atoms with Crippen LogP contribution in [0.25, 0.3) is 0 Å². The minimum atomic E-state index is -0.281. The van der Waals surface area contributed by atoms with Gasteiger partial charge in [-0.2, -0.15) is 0 Å². The lowest BCUT2D eigenvalue weighted by Crippen LogP contribution is -2.42. The van der Waals surface area contributed by atoms with E-state index in [4.69, 9.17) is 10.5 Å². The van der Waals surface area contributed by atoms with Gasteiger partial charge < -0.3 is 20.7 Å². The standard InChI is InChI=1S/C14H19FIN3O2/c1-2-21-14(20)19-5-3-9(4-6-19)18-13-7-10(15)11(16)8-12(13)17/h7-9,18H,2-6,17H2,1H3. The first-order chi connectivity index (χ1) is 10.0. The molecule has 3 N–H and O–H groups in total. The van der Waals surface area contributed by atoms with Crippen molar-refractivity contribution < 1.29 is 13.9 Å². The highest BCUT2D eigenvalue weighted by Crippen LogP contribution is 2.26. The molecule has 5 nitrogen and oxygen atoms in total. The number of likely N-dealkylation sites (tertiary alicyclic amines) is 1. The van der Waals surface area contributed by atoms with Gasteiger partial charge in [0.2, 0.25) is 0 Å². The van der Waals surface area contributed by atoms with Crippen LogP contribution in [-0.2, 0) is 4.74 Å². The van der Waals surface area contributed by atoms with Crippen LogP contribution < -0.4 is 11.1 Å². The van der Waals surface area contributed by atoms with E-state index in [1.807, 2.05) is 22.6 Å². The number of ether oxygens (including phenoxy) is 1. The monoisotopic (exact) mass is 407 g/mol. The number of benzene rings is 1. The van der Waals surface area contributed by atoms with Crippen LogP contribution in [0.3, 0.4) is 0 Å². The molecule has 1 aromatic carbocycles. The molecule has 0 bridgehead atoms. The fourth-order valence-electron chi connectivity index (χ4n) is 2.33. The number of nitrogens with one attached hydrogen (secondary N) is 1. The van der Waals surface area contributed by atoms with Gasteiger partial charge in [0.05, 0.1) is 21.6 Å². The Bertz CT molecular complexity index is 519. The maximum absolute atomic E-state index is 13.6. The van der Waals surface area contributed by atoms with E-state index >= 15 is 0 Å². The second-order valence-corrected chi connectivity index (χ2v) is 6.12. The number of hydrogen-bond donors (Lipinski definition) is 2. The molecule has 0 atom stereocenters. The molecule has 1 aliphatic rings. The fraction of sp³-hybridized carbons (Fsp3) is 0.500. The molecular weight excluding hydrogens is 388 g/mol. The summed E-state index contributed by atoms with van der Waals surface area (Å²) in [4.78, 5) is 13.3. The van der Waals surface area contributed by atoms with Crippen LogP contribution >= 0.6 is 22.6 Å². The number of halogens is 2. The smallest absolute Gasteiger partial charge is 0.409 e. The van der Waals surface area contributed by atoms with E-state index in [1.165, 1.54) is 6.07 Å². The summed E-state index contributed by atoms with van der Waals surface area (Å²) in [6.45, 7) is 3.43. The van der Waals surface area contributed by atoms with Gasteiger partial charge in [0.25, 0.3) is 0 Å². The van der Waals surface area contributed by atoms with E-state index in [2.05, 4.69) is 5.32 Å². The Hall–Kier alpha value is -1.25. The minimum Gasteiger partial charge on any atom is -0.450 e. The van der Waals surface area contributed by atoms with E-state index in [0.717, 1.165) is 12.8 Å². The SMILES string of the molecule is CCOC(=O)N1CCC(Nc2cc(F)c(I)cc2N)CC1. The van der Waals surface area contributed by atoms with Crippen molar-refractivity contribution in [3.8, 4) is 0 Å². The fourth-order valence-corrected chi connectivity index (χ4v) is 2.82. The molecule has 0 aliphatic carbocycles. The average Bonchev–Trinajstić information content (AvgIpc) is 2.46. The average molecular weight is 407 g/mol. The number of carbonyl (C=O) groups excluding carboxylic acids is 1. The number of carbonyl (C=O) groups is 1. The summed E-state index contributed by atoms with van der Waals surface area (Å²) in [7, 11) is 0. The Morgan fingerprint density at radius 1 is 1.52 bits per heavy atom. The van der Waals surface area contributed by atoms with Gasteiger partial charge in [0.1, 0.15) is 5.82 Å². The minimum absolute atomic E-state index is 0.178. The summed E-state index contributed by atoms with van der Waals surface area (Å²) in [6, 6.07) is 3.22. The Balaban J connectivity index is 1.92. The molecule has 0 aromatic heterocycles. The van der Waals surface area contributed by atoms with Crippen LogP contribution in [0.2, 0.25) is 0 Å². The lowest BCUT2D eigenvalue weighted by atomic mass is 10.0. The van der Waals surface area contributed by atoms with E-state index in [9.17, 15) is 9.18 Å². The molecule has 1 heterocycles. The Morgan fingerprint density at radius 3 is 2.81 bits per heavy atom. The summed E-state index contributed by atoms with van der Waals surface area (Å²) in [5.74, 6) is -0.281. The van der Waals surface area contributed by atoms with Crippen molar-refractivity contribution in [2.24, 2.45) is 0 Å². The van der Waals surface area contributed by atoms with E-state index < -0.39 is 0 Å². The van der Waals surface area contributed by atoms with Crippen LogP contribution in [0.4, 0.5) is 20.6 Å². The molecule has 1 aliphatic heterocycles. The number of nitrogen functional groups attached to an aromatic ring is 1. The Labute approximate surface area is 137 Å². The number of amides is 1. The van der Waals surface area contributed by atoms with Gasteiger partial charge in [0, 0.05) is 25.2 Å². The molecule has 7 heteroatoms. The van der Waals surface area contributed by atoms with Crippen LogP contribution in [0.15, 0.2) is 12.1 Å². The topological polar surface area (TPSA) is 67.6 Å². The highest BCUT2D eigenvalue weighted by Gasteiger charge is 2.24. The van der Waals surface area contributed by atoms with E-state index in [1.54, 1.807) is 17.9 Å². The van der Waals surface area contributed by atoms with E-state index in [-0.39, 0.29) is 18.0 Å². The van der Waals surface area contributed by atoms with Gasteiger partial charge >= 0.3 is 6.09 Å². The summed E-state index contributed by atoms with van der Waals surface area (Å²) in [6.07, 6.45) is 1.30. The number of anilines is 2. The third-order valence-electron chi connectivity index (χ3n) is 3.47. The molecule has 116 valence electrons. The number of piperidine rings is 1. The van der Waals surface area contributed by atoms with Crippen molar-refractivity contribution >= 4 is 40.1 Å². The lowest BCUT2D eigenvalue weighted by Gasteiger charge is -2.32. The predicted octanol–water partition coefficient (Wildman–Crippen LogP) is 3.05. The summed E-state index contributed by atoms with van der Waals surface area (Å²) in [5, 5.41) is 3.26. The molecule has 1 fully saturated rings. The number of rotatable bonds is 3. The second-order valence-electron chi connectivity index (χ2n) is 4.96. The molecule has 1 saturated heterocycles. The zero-order valence-electron chi connectivity index (χ0n) is 11.9. The van der Waals surface area contributed by atoms with Gasteiger partial charge in [0.15, 0.2) is 0 Å². The van der Waals surface area contributed by atoms with Crippen molar-refractivity contribution in [2.45, 2.75) is 25.8 Å². The molecule has 1 aromatic rings. The number of hydrogen-bond acceptors (Lipinski definition) is 4. The molecule has 0 spiro atoms. The quantitative estimate of drug-likeness (QED) is 0.597. The van der Waals surface area contributed by atoms with Gasteiger partial charge in [-0.25, -0.2) is 9.18 Å². The van der Waals surface area contributed by atoms with Crippen LogP contribution in [0.1, 0.15) is 19.8 Å². The Kier molecular flexibility index (Phi) is 5.49. The maximum Gasteiger partial charge on any atom is 0.409 e. The second kappa shape index (κ2) is 7.15. The number of nitrogens with two attached hydrogens (primary N) is 1. The molecule has 0 saturated carbocycles. The lowest BCUT2D eigenvalue weighted by molar-refractivity contribution is 0.0983. The molecular formula is C14H19FIN3O2. The van der Waals surface area contributed by atoms with Crippen molar-refractivity contribution in [3.05, 3.63) is 21.5 Å². The third kappa shape index (κ3) is 4.12. The molecule has 0 unspecified atom stereocenters. The summed E-state index contributed by atoms with van der Waals surface area (Å²) in [5.41, 5.74) is 7.05. The molecule has 2 rings (SSSR count). The summed E-state index contributed by atoms with van der Waals surface area (Å²) >= 11 is 1.91. The van der Waals surface area contributed by atoms with Gasteiger partial charge in [-0.05, 0) is 48.4 Å². The van der Waals surface area contributed by atoms with Gasteiger partial charge in [-0.1, -0.05) is 0 Å². The zero-order chi connectivity index (χ0) is 15.4. The molecule has 1 amide bonds. The maximum atomic E-state index is 13.6. The van der Waals surface area contributed by atoms with Crippen LogP contribution in [0.5, 0.6) is 0 Å².